The van der Waals surface area contributed by atoms with Crippen molar-refractivity contribution in [2.75, 3.05) is 6.54 Å². The van der Waals surface area contributed by atoms with Gasteiger partial charge in [-0.25, -0.2) is 0 Å². The molecule has 1 nitrogen and oxygen atoms in total. The Kier molecular flexibility index (Phi) is 3.39. The molecule has 0 unspecified atom stereocenters. The van der Waals surface area contributed by atoms with Crippen molar-refractivity contribution in [1.29, 1.82) is 0 Å². The minimum absolute atomic E-state index is 0.719. The van der Waals surface area contributed by atoms with Crippen molar-refractivity contribution in [3.8, 4) is 0 Å². The van der Waals surface area contributed by atoms with Crippen molar-refractivity contribution in [1.82, 2.24) is 0 Å². The first kappa shape index (κ1) is 11.4. The van der Waals surface area contributed by atoms with E-state index in [-0.39, 0.29) is 0 Å². The maximum absolute atomic E-state index is 5.74. The molecule has 0 heterocycles. The van der Waals surface area contributed by atoms with E-state index in [1.54, 1.807) is 0 Å². The van der Waals surface area contributed by atoms with Gasteiger partial charge in [0.15, 0.2) is 0 Å². The molecule has 1 heteroatoms. The lowest BCUT2D eigenvalue weighted by atomic mass is 9.70. The van der Waals surface area contributed by atoms with Crippen molar-refractivity contribution in [2.45, 2.75) is 58.8 Å². The van der Waals surface area contributed by atoms with Gasteiger partial charge in [-0.15, -0.1) is 0 Å². The molecule has 0 aromatic carbocycles. The molecule has 15 heavy (non-hydrogen) atoms. The van der Waals surface area contributed by atoms with Crippen molar-refractivity contribution in [3.63, 3.8) is 0 Å². The van der Waals surface area contributed by atoms with Crippen LogP contribution >= 0.6 is 0 Å². The van der Waals surface area contributed by atoms with Crippen LogP contribution in [0.1, 0.15) is 58.8 Å². The first-order valence-corrected chi connectivity index (χ1v) is 6.88. The molecular weight excluding hydrogens is 182 g/mol. The Hall–Kier alpha value is -0.0400. The van der Waals surface area contributed by atoms with Gasteiger partial charge in [0.2, 0.25) is 0 Å². The maximum atomic E-state index is 5.74. The summed E-state index contributed by atoms with van der Waals surface area (Å²) in [6, 6.07) is 0. The largest absolute Gasteiger partial charge is 0.330 e. The summed E-state index contributed by atoms with van der Waals surface area (Å²) < 4.78 is 0. The highest BCUT2D eigenvalue weighted by Crippen LogP contribution is 2.59. The van der Waals surface area contributed by atoms with Crippen LogP contribution in [0.25, 0.3) is 0 Å². The minimum Gasteiger partial charge on any atom is -0.330 e. The predicted octanol–water partition coefficient (Wildman–Crippen LogP) is 3.58. The summed E-state index contributed by atoms with van der Waals surface area (Å²) in [7, 11) is 0. The zero-order valence-electron chi connectivity index (χ0n) is 10.5. The smallest absolute Gasteiger partial charge is 0.00719 e. The first-order valence-electron chi connectivity index (χ1n) is 6.88. The summed E-state index contributed by atoms with van der Waals surface area (Å²) in [5, 5.41) is 0. The van der Waals surface area contributed by atoms with Crippen LogP contribution in [0.5, 0.6) is 0 Å². The molecule has 2 N–H and O–H groups in total. The lowest BCUT2D eigenvalue weighted by Crippen LogP contribution is -2.26. The van der Waals surface area contributed by atoms with Gasteiger partial charge in [-0.05, 0) is 74.7 Å². The third kappa shape index (κ3) is 2.38. The number of nitrogens with two attached hydrogens (primary N) is 1. The van der Waals surface area contributed by atoms with Gasteiger partial charge < -0.3 is 5.73 Å². The van der Waals surface area contributed by atoms with E-state index in [9.17, 15) is 0 Å². The van der Waals surface area contributed by atoms with Gasteiger partial charge in [-0.2, -0.15) is 0 Å². The molecule has 2 aliphatic rings. The molecule has 88 valence electrons. The molecule has 0 amide bonds. The van der Waals surface area contributed by atoms with Crippen LogP contribution in [-0.4, -0.2) is 6.54 Å². The summed E-state index contributed by atoms with van der Waals surface area (Å²) >= 11 is 0. The fourth-order valence-electron chi connectivity index (χ4n) is 3.71. The normalized spacial score (nSPS) is 34.4. The molecule has 0 aliphatic heterocycles. The zero-order chi connectivity index (χ0) is 10.9. The molecule has 0 aromatic rings. The summed E-state index contributed by atoms with van der Waals surface area (Å²) in [5.41, 5.74) is 6.46. The van der Waals surface area contributed by atoms with Crippen molar-refractivity contribution < 1.29 is 0 Å². The number of hydrogen-bond donors (Lipinski definition) is 1. The Morgan fingerprint density at radius 1 is 1.13 bits per heavy atom. The highest BCUT2D eigenvalue weighted by molar-refractivity contribution is 4.99. The second kappa shape index (κ2) is 4.45. The lowest BCUT2D eigenvalue weighted by molar-refractivity contribution is 0.156. The zero-order valence-corrected chi connectivity index (χ0v) is 10.5. The first-order chi connectivity index (χ1) is 7.18. The van der Waals surface area contributed by atoms with Crippen LogP contribution in [0.2, 0.25) is 0 Å². The van der Waals surface area contributed by atoms with Gasteiger partial charge in [0.05, 0.1) is 0 Å². The average Bonchev–Trinajstić information content (AvgIpc) is 3.00. The molecule has 0 saturated heterocycles. The Bertz CT molecular complexity index is 197. The Morgan fingerprint density at radius 3 is 2.13 bits per heavy atom. The topological polar surface area (TPSA) is 26.0 Å². The molecule has 0 radical (unpaired) electrons. The molecular formula is C14H27N. The molecule has 2 aliphatic carbocycles. The summed E-state index contributed by atoms with van der Waals surface area (Å²) in [4.78, 5) is 0. The van der Waals surface area contributed by atoms with Gasteiger partial charge in [-0.3, -0.25) is 0 Å². The molecule has 0 atom stereocenters. The van der Waals surface area contributed by atoms with E-state index in [4.69, 9.17) is 5.73 Å². The van der Waals surface area contributed by atoms with E-state index in [2.05, 4.69) is 13.8 Å². The van der Waals surface area contributed by atoms with Crippen molar-refractivity contribution in [3.05, 3.63) is 0 Å². The summed E-state index contributed by atoms with van der Waals surface area (Å²) in [6.07, 6.45) is 10.2. The number of rotatable bonds is 4. The van der Waals surface area contributed by atoms with Crippen LogP contribution in [0.3, 0.4) is 0 Å². The number of hydrogen-bond acceptors (Lipinski definition) is 1. The molecule has 2 saturated carbocycles. The average molecular weight is 209 g/mol. The third-order valence-electron chi connectivity index (χ3n) is 5.12. The Morgan fingerprint density at radius 2 is 1.73 bits per heavy atom. The van der Waals surface area contributed by atoms with Crippen LogP contribution < -0.4 is 5.73 Å². The minimum atomic E-state index is 0.719. The van der Waals surface area contributed by atoms with Crippen LogP contribution in [-0.2, 0) is 0 Å². The van der Waals surface area contributed by atoms with Crippen molar-refractivity contribution in [2.24, 2.45) is 28.9 Å². The molecule has 0 bridgehead atoms. The molecule has 0 aromatic heterocycles. The third-order valence-corrected chi connectivity index (χ3v) is 5.12. The van der Waals surface area contributed by atoms with Gasteiger partial charge in [0, 0.05) is 0 Å². The van der Waals surface area contributed by atoms with E-state index in [1.807, 2.05) is 0 Å². The van der Waals surface area contributed by atoms with E-state index in [0.717, 1.165) is 29.7 Å². The molecule has 0 spiro atoms. The van der Waals surface area contributed by atoms with Crippen molar-refractivity contribution >= 4 is 0 Å². The summed E-state index contributed by atoms with van der Waals surface area (Å²) in [5.74, 6) is 2.93. The predicted molar refractivity (Wildman–Crippen MR) is 65.6 cm³/mol. The van der Waals surface area contributed by atoms with Gasteiger partial charge in [-0.1, -0.05) is 13.8 Å². The highest BCUT2D eigenvalue weighted by atomic mass is 14.6. The van der Waals surface area contributed by atoms with Gasteiger partial charge in [0.1, 0.15) is 0 Å². The monoisotopic (exact) mass is 209 g/mol. The van der Waals surface area contributed by atoms with Gasteiger partial charge in [0.25, 0.3) is 0 Å². The quantitative estimate of drug-likeness (QED) is 0.752. The lowest BCUT2D eigenvalue weighted by Gasteiger charge is -2.35. The van der Waals surface area contributed by atoms with Crippen LogP contribution in [0.15, 0.2) is 0 Å². The van der Waals surface area contributed by atoms with Crippen LogP contribution in [0, 0.1) is 23.2 Å². The van der Waals surface area contributed by atoms with E-state index in [1.165, 1.54) is 44.9 Å². The molecule has 2 rings (SSSR count). The van der Waals surface area contributed by atoms with Gasteiger partial charge >= 0.3 is 0 Å². The standard InChI is InChI=1S/C14H27N/c1-11(2)12-3-5-13(6-4-12)14(7-8-14)9-10-15/h11-13H,3-10,15H2,1-2H3. The second-order valence-corrected chi connectivity index (χ2v) is 6.26. The fourth-order valence-corrected chi connectivity index (χ4v) is 3.71. The van der Waals surface area contributed by atoms with E-state index >= 15 is 0 Å². The summed E-state index contributed by atoms with van der Waals surface area (Å²) in [6.45, 7) is 5.68. The molecule has 2 fully saturated rings. The maximum Gasteiger partial charge on any atom is -0.00719 e. The van der Waals surface area contributed by atoms with E-state index < -0.39 is 0 Å². The second-order valence-electron chi connectivity index (χ2n) is 6.26. The fraction of sp³-hybridized carbons (Fsp3) is 1.00. The Labute approximate surface area is 94.8 Å². The highest BCUT2D eigenvalue weighted by Gasteiger charge is 2.48. The van der Waals surface area contributed by atoms with E-state index in [0.29, 0.717) is 0 Å². The Balaban J connectivity index is 1.83. The SMILES string of the molecule is CC(C)C1CCC(C2(CCN)CC2)CC1. The van der Waals surface area contributed by atoms with Crippen LogP contribution in [0.4, 0.5) is 0 Å².